The summed E-state index contributed by atoms with van der Waals surface area (Å²) in [5.41, 5.74) is 0. The summed E-state index contributed by atoms with van der Waals surface area (Å²) in [4.78, 5) is 0. The van der Waals surface area contributed by atoms with Crippen molar-refractivity contribution in [3.05, 3.63) is 24.8 Å². The van der Waals surface area contributed by atoms with Gasteiger partial charge in [0.05, 0.1) is 12.7 Å². The Morgan fingerprint density at radius 2 is 2.23 bits per heavy atom. The van der Waals surface area contributed by atoms with Crippen molar-refractivity contribution < 1.29 is 4.57 Å². The monoisotopic (exact) mass is 179 g/mol. The highest BCUT2D eigenvalue weighted by Gasteiger charge is 1.98. The molecule has 0 N–H and O–H groups in total. The fourth-order valence-electron chi connectivity index (χ4n) is 1.20. The van der Waals surface area contributed by atoms with Crippen molar-refractivity contribution in [2.75, 3.05) is 0 Å². The molecule has 0 amide bonds. The van der Waals surface area contributed by atoms with Gasteiger partial charge in [-0.1, -0.05) is 20.3 Å². The van der Waals surface area contributed by atoms with Gasteiger partial charge in [0.25, 0.3) is 0 Å². The Hall–Kier alpha value is -1.05. The molecule has 0 saturated heterocycles. The van der Waals surface area contributed by atoms with E-state index in [1.54, 1.807) is 0 Å². The van der Waals surface area contributed by atoms with Crippen LogP contribution < -0.4 is 4.57 Å². The summed E-state index contributed by atoms with van der Waals surface area (Å²) in [5, 5.41) is 0. The van der Waals surface area contributed by atoms with Crippen LogP contribution in [-0.4, -0.2) is 4.57 Å². The number of unbranched alkanes of at least 4 members (excludes halogenated alkanes) is 1. The van der Waals surface area contributed by atoms with E-state index >= 15 is 0 Å². The number of hydrogen-bond acceptors (Lipinski definition) is 0. The Morgan fingerprint density at radius 3 is 2.92 bits per heavy atom. The summed E-state index contributed by atoms with van der Waals surface area (Å²) in [6.45, 7) is 5.49. The van der Waals surface area contributed by atoms with Crippen LogP contribution in [0.4, 0.5) is 0 Å². The van der Waals surface area contributed by atoms with Crippen molar-refractivity contribution in [3.63, 3.8) is 0 Å². The van der Waals surface area contributed by atoms with Gasteiger partial charge in [0, 0.05) is 0 Å². The standard InChI is InChI=1S/C11H19N2/c1-3-5-7-12-9-10-13(11-12)8-6-4-2/h5,7,9-11H,3-4,6,8H2,1-2H3/q+1/b7-5+. The smallest absolute Gasteiger partial charge is 0.236 e. The first-order valence-corrected chi connectivity index (χ1v) is 5.10. The van der Waals surface area contributed by atoms with Crippen molar-refractivity contribution in [1.29, 1.82) is 0 Å². The molecule has 0 aliphatic rings. The summed E-state index contributed by atoms with van der Waals surface area (Å²) in [7, 11) is 0. The van der Waals surface area contributed by atoms with Crippen molar-refractivity contribution in [1.82, 2.24) is 4.57 Å². The van der Waals surface area contributed by atoms with Gasteiger partial charge in [0.15, 0.2) is 0 Å². The summed E-state index contributed by atoms with van der Waals surface area (Å²) in [6, 6.07) is 0. The Morgan fingerprint density at radius 1 is 1.38 bits per heavy atom. The third-order valence-corrected chi connectivity index (χ3v) is 2.00. The molecule has 0 spiro atoms. The average molecular weight is 179 g/mol. The molecular formula is C11H19N2+. The van der Waals surface area contributed by atoms with E-state index in [0.717, 1.165) is 13.0 Å². The molecule has 1 aromatic rings. The summed E-state index contributed by atoms with van der Waals surface area (Å²) < 4.78 is 4.32. The van der Waals surface area contributed by atoms with Gasteiger partial charge < -0.3 is 0 Å². The molecular weight excluding hydrogens is 160 g/mol. The van der Waals surface area contributed by atoms with Crippen LogP contribution in [0.5, 0.6) is 0 Å². The predicted octanol–water partition coefficient (Wildman–Crippen LogP) is 2.46. The van der Waals surface area contributed by atoms with E-state index in [1.165, 1.54) is 12.8 Å². The van der Waals surface area contributed by atoms with E-state index in [-0.39, 0.29) is 0 Å². The Labute approximate surface area is 80.5 Å². The molecule has 0 aliphatic carbocycles. The number of hydrogen-bond donors (Lipinski definition) is 0. The van der Waals surface area contributed by atoms with E-state index < -0.39 is 0 Å². The van der Waals surface area contributed by atoms with Gasteiger partial charge in [-0.25, -0.2) is 9.13 Å². The average Bonchev–Trinajstić information content (AvgIpc) is 2.59. The zero-order valence-electron chi connectivity index (χ0n) is 8.61. The van der Waals surface area contributed by atoms with E-state index in [9.17, 15) is 0 Å². The summed E-state index contributed by atoms with van der Waals surface area (Å²) in [5.74, 6) is 0. The molecule has 0 radical (unpaired) electrons. The quantitative estimate of drug-likeness (QED) is 0.614. The van der Waals surface area contributed by atoms with Crippen LogP contribution in [0.2, 0.25) is 0 Å². The highest BCUT2D eigenvalue weighted by molar-refractivity contribution is 5.04. The largest absolute Gasteiger partial charge is 0.248 e. The molecule has 0 atom stereocenters. The Balaban J connectivity index is 2.48. The van der Waals surface area contributed by atoms with E-state index in [2.05, 4.69) is 54.0 Å². The molecule has 0 saturated carbocycles. The van der Waals surface area contributed by atoms with E-state index in [4.69, 9.17) is 0 Å². The molecule has 0 fully saturated rings. The number of aromatic nitrogens is 2. The molecule has 2 nitrogen and oxygen atoms in total. The lowest BCUT2D eigenvalue weighted by molar-refractivity contribution is -0.567. The lowest BCUT2D eigenvalue weighted by atomic mass is 10.3. The second-order valence-corrected chi connectivity index (χ2v) is 3.25. The predicted molar refractivity (Wildman–Crippen MR) is 55.2 cm³/mol. The minimum atomic E-state index is 1.09. The van der Waals surface area contributed by atoms with Crippen LogP contribution in [0.15, 0.2) is 24.8 Å². The first kappa shape index (κ1) is 10.0. The fourth-order valence-corrected chi connectivity index (χ4v) is 1.20. The number of allylic oxidation sites excluding steroid dienone is 1. The van der Waals surface area contributed by atoms with Gasteiger partial charge in [0.2, 0.25) is 6.33 Å². The van der Waals surface area contributed by atoms with E-state index in [1.807, 2.05) is 0 Å². The van der Waals surface area contributed by atoms with Gasteiger partial charge in [-0.2, -0.15) is 0 Å². The minimum Gasteiger partial charge on any atom is -0.236 e. The maximum Gasteiger partial charge on any atom is 0.248 e. The number of nitrogens with zero attached hydrogens (tertiary/aromatic N) is 2. The highest BCUT2D eigenvalue weighted by atomic mass is 15.1. The highest BCUT2D eigenvalue weighted by Crippen LogP contribution is 1.92. The zero-order chi connectivity index (χ0) is 9.52. The Kier molecular flexibility index (Phi) is 4.30. The molecule has 0 bridgehead atoms. The van der Waals surface area contributed by atoms with Gasteiger partial charge in [-0.05, 0) is 18.9 Å². The molecule has 0 unspecified atom stereocenters. The SMILES string of the molecule is CC/C=C/[n+]1ccn(CCCC)c1. The van der Waals surface area contributed by atoms with Gasteiger partial charge >= 0.3 is 0 Å². The number of rotatable bonds is 5. The van der Waals surface area contributed by atoms with Crippen molar-refractivity contribution in [3.8, 4) is 0 Å². The number of aryl methyl sites for hydroxylation is 1. The van der Waals surface area contributed by atoms with Crippen molar-refractivity contribution in [2.45, 2.75) is 39.7 Å². The molecule has 0 aliphatic heterocycles. The van der Waals surface area contributed by atoms with Crippen LogP contribution >= 0.6 is 0 Å². The molecule has 1 rings (SSSR count). The van der Waals surface area contributed by atoms with Crippen LogP contribution in [0, 0.1) is 0 Å². The first-order valence-electron chi connectivity index (χ1n) is 5.10. The third kappa shape index (κ3) is 3.45. The summed E-state index contributed by atoms with van der Waals surface area (Å²) in [6.07, 6.45) is 14.2. The van der Waals surface area contributed by atoms with Crippen molar-refractivity contribution in [2.24, 2.45) is 0 Å². The molecule has 1 heterocycles. The van der Waals surface area contributed by atoms with Crippen LogP contribution in [0.3, 0.4) is 0 Å². The van der Waals surface area contributed by atoms with Crippen LogP contribution in [0.1, 0.15) is 33.1 Å². The Bertz CT molecular complexity index is 261. The van der Waals surface area contributed by atoms with Gasteiger partial charge in [-0.3, -0.25) is 0 Å². The minimum absolute atomic E-state index is 1.09. The molecule has 0 aromatic carbocycles. The van der Waals surface area contributed by atoms with Gasteiger partial charge in [0.1, 0.15) is 12.4 Å². The second kappa shape index (κ2) is 5.57. The normalized spacial score (nSPS) is 11.2. The van der Waals surface area contributed by atoms with Gasteiger partial charge in [-0.15, -0.1) is 0 Å². The fraction of sp³-hybridized carbons (Fsp3) is 0.545. The molecule has 72 valence electrons. The maximum atomic E-state index is 2.23. The zero-order valence-corrected chi connectivity index (χ0v) is 8.61. The molecule has 1 aromatic heterocycles. The second-order valence-electron chi connectivity index (χ2n) is 3.25. The van der Waals surface area contributed by atoms with Crippen LogP contribution in [0.25, 0.3) is 6.20 Å². The maximum absolute atomic E-state index is 2.23. The van der Waals surface area contributed by atoms with E-state index in [0.29, 0.717) is 0 Å². The lowest BCUT2D eigenvalue weighted by Gasteiger charge is -1.90. The molecule has 13 heavy (non-hydrogen) atoms. The first-order chi connectivity index (χ1) is 6.36. The summed E-state index contributed by atoms with van der Waals surface area (Å²) >= 11 is 0. The molecule has 2 heteroatoms. The number of imidazole rings is 1. The topological polar surface area (TPSA) is 8.81 Å². The lowest BCUT2D eigenvalue weighted by Crippen LogP contribution is -2.21. The third-order valence-electron chi connectivity index (χ3n) is 2.00. The van der Waals surface area contributed by atoms with Crippen molar-refractivity contribution >= 4 is 6.20 Å². The van der Waals surface area contributed by atoms with Crippen LogP contribution in [-0.2, 0) is 6.54 Å².